The van der Waals surface area contributed by atoms with Crippen molar-refractivity contribution in [3.63, 3.8) is 0 Å². The standard InChI is InChI=1S/C18H32O/c1-4-6-8-10-11-13-17(3)15-16-18(19)14-12-9-7-5-2/h11,13,15-16,18-19H,3-10,12,14H2,1-2H3/b13-11-,16-15+. The summed E-state index contributed by atoms with van der Waals surface area (Å²) in [4.78, 5) is 0. The lowest BCUT2D eigenvalue weighted by molar-refractivity contribution is 0.208. The molecule has 0 saturated heterocycles. The van der Waals surface area contributed by atoms with Crippen LogP contribution in [0.4, 0.5) is 0 Å². The van der Waals surface area contributed by atoms with Gasteiger partial charge in [0.15, 0.2) is 0 Å². The molecule has 0 radical (unpaired) electrons. The molecule has 0 aliphatic heterocycles. The van der Waals surface area contributed by atoms with Gasteiger partial charge in [0.1, 0.15) is 0 Å². The molecule has 1 unspecified atom stereocenters. The van der Waals surface area contributed by atoms with E-state index in [0.717, 1.165) is 24.8 Å². The fourth-order valence-corrected chi connectivity index (χ4v) is 1.91. The Hall–Kier alpha value is -0.820. The summed E-state index contributed by atoms with van der Waals surface area (Å²) in [6.45, 7) is 8.39. The van der Waals surface area contributed by atoms with E-state index in [4.69, 9.17) is 0 Å². The highest BCUT2D eigenvalue weighted by molar-refractivity contribution is 5.27. The summed E-state index contributed by atoms with van der Waals surface area (Å²) in [5, 5.41) is 9.79. The minimum atomic E-state index is -0.318. The zero-order valence-electron chi connectivity index (χ0n) is 12.9. The minimum Gasteiger partial charge on any atom is -0.389 e. The van der Waals surface area contributed by atoms with Crippen molar-refractivity contribution in [3.05, 3.63) is 36.5 Å². The van der Waals surface area contributed by atoms with Gasteiger partial charge in [0, 0.05) is 0 Å². The number of hydrogen-bond donors (Lipinski definition) is 1. The predicted octanol–water partition coefficient (Wildman–Crippen LogP) is 5.57. The second kappa shape index (κ2) is 13.6. The van der Waals surface area contributed by atoms with Crippen LogP contribution in [0, 0.1) is 0 Å². The third-order valence-corrected chi connectivity index (χ3v) is 3.19. The highest BCUT2D eigenvalue weighted by Crippen LogP contribution is 2.08. The predicted molar refractivity (Wildman–Crippen MR) is 86.3 cm³/mol. The Bertz CT molecular complexity index is 263. The van der Waals surface area contributed by atoms with Gasteiger partial charge in [-0.15, -0.1) is 0 Å². The van der Waals surface area contributed by atoms with Crippen LogP contribution in [0.25, 0.3) is 0 Å². The van der Waals surface area contributed by atoms with Crippen molar-refractivity contribution in [2.75, 3.05) is 0 Å². The van der Waals surface area contributed by atoms with Gasteiger partial charge in [0.25, 0.3) is 0 Å². The van der Waals surface area contributed by atoms with Crippen LogP contribution in [0.15, 0.2) is 36.5 Å². The summed E-state index contributed by atoms with van der Waals surface area (Å²) < 4.78 is 0. The van der Waals surface area contributed by atoms with E-state index in [2.05, 4.69) is 32.6 Å². The summed E-state index contributed by atoms with van der Waals surface area (Å²) in [6.07, 6.45) is 18.4. The van der Waals surface area contributed by atoms with E-state index in [1.165, 1.54) is 38.5 Å². The molecule has 0 saturated carbocycles. The topological polar surface area (TPSA) is 20.2 Å². The molecule has 0 amide bonds. The summed E-state index contributed by atoms with van der Waals surface area (Å²) in [7, 11) is 0. The van der Waals surface area contributed by atoms with E-state index >= 15 is 0 Å². The van der Waals surface area contributed by atoms with Crippen molar-refractivity contribution >= 4 is 0 Å². The summed E-state index contributed by atoms with van der Waals surface area (Å²) in [5.74, 6) is 0. The molecule has 0 spiro atoms. The van der Waals surface area contributed by atoms with Gasteiger partial charge in [-0.05, 0) is 24.8 Å². The van der Waals surface area contributed by atoms with Crippen LogP contribution in [0.3, 0.4) is 0 Å². The molecule has 0 aliphatic rings. The van der Waals surface area contributed by atoms with Crippen LogP contribution in [0.2, 0.25) is 0 Å². The molecule has 0 aliphatic carbocycles. The number of hydrogen-bond acceptors (Lipinski definition) is 1. The molecule has 0 heterocycles. The summed E-state index contributed by atoms with van der Waals surface area (Å²) >= 11 is 0. The molecule has 1 heteroatoms. The zero-order valence-corrected chi connectivity index (χ0v) is 12.9. The Morgan fingerprint density at radius 2 is 1.68 bits per heavy atom. The molecular formula is C18H32O. The summed E-state index contributed by atoms with van der Waals surface area (Å²) in [5.41, 5.74) is 0.976. The smallest absolute Gasteiger partial charge is 0.0724 e. The van der Waals surface area contributed by atoms with Crippen LogP contribution < -0.4 is 0 Å². The van der Waals surface area contributed by atoms with Gasteiger partial charge in [-0.2, -0.15) is 0 Å². The minimum absolute atomic E-state index is 0.318. The Balaban J connectivity index is 3.69. The largest absolute Gasteiger partial charge is 0.389 e. The van der Waals surface area contributed by atoms with E-state index in [9.17, 15) is 5.11 Å². The van der Waals surface area contributed by atoms with E-state index in [1.807, 2.05) is 12.2 Å². The average Bonchev–Trinajstić information content (AvgIpc) is 2.41. The highest BCUT2D eigenvalue weighted by atomic mass is 16.3. The van der Waals surface area contributed by atoms with Gasteiger partial charge in [0.2, 0.25) is 0 Å². The molecule has 0 aromatic heterocycles. The van der Waals surface area contributed by atoms with Gasteiger partial charge < -0.3 is 5.11 Å². The summed E-state index contributed by atoms with van der Waals surface area (Å²) in [6, 6.07) is 0. The van der Waals surface area contributed by atoms with Gasteiger partial charge in [-0.25, -0.2) is 0 Å². The lowest BCUT2D eigenvalue weighted by Crippen LogP contribution is -2.01. The normalized spacial score (nSPS) is 13.4. The van der Waals surface area contributed by atoms with Crippen molar-refractivity contribution in [3.8, 4) is 0 Å². The number of aliphatic hydroxyl groups excluding tert-OH is 1. The molecule has 0 bridgehead atoms. The van der Waals surface area contributed by atoms with Crippen LogP contribution in [-0.2, 0) is 0 Å². The Labute approximate surface area is 120 Å². The third-order valence-electron chi connectivity index (χ3n) is 3.19. The van der Waals surface area contributed by atoms with E-state index in [0.29, 0.717) is 0 Å². The second-order valence-electron chi connectivity index (χ2n) is 5.25. The quantitative estimate of drug-likeness (QED) is 0.361. The number of rotatable bonds is 12. The monoisotopic (exact) mass is 264 g/mol. The Morgan fingerprint density at radius 3 is 2.37 bits per heavy atom. The molecule has 1 atom stereocenters. The number of aliphatic hydroxyl groups is 1. The molecule has 0 fully saturated rings. The molecule has 19 heavy (non-hydrogen) atoms. The van der Waals surface area contributed by atoms with Crippen LogP contribution >= 0.6 is 0 Å². The molecule has 0 aromatic rings. The fourth-order valence-electron chi connectivity index (χ4n) is 1.91. The molecule has 1 nitrogen and oxygen atoms in total. The molecule has 110 valence electrons. The number of unbranched alkanes of at least 4 members (excludes halogenated alkanes) is 6. The van der Waals surface area contributed by atoms with Gasteiger partial charge in [-0.3, -0.25) is 0 Å². The first kappa shape index (κ1) is 18.2. The Kier molecular flexibility index (Phi) is 13.0. The van der Waals surface area contributed by atoms with Gasteiger partial charge in [-0.1, -0.05) is 83.3 Å². The van der Waals surface area contributed by atoms with Crippen molar-refractivity contribution in [2.24, 2.45) is 0 Å². The Morgan fingerprint density at radius 1 is 1.00 bits per heavy atom. The maximum atomic E-state index is 9.79. The van der Waals surface area contributed by atoms with Crippen molar-refractivity contribution in [1.29, 1.82) is 0 Å². The third kappa shape index (κ3) is 13.4. The van der Waals surface area contributed by atoms with Crippen LogP contribution in [0.5, 0.6) is 0 Å². The van der Waals surface area contributed by atoms with E-state index in [-0.39, 0.29) is 6.10 Å². The first-order chi connectivity index (χ1) is 9.20. The molecule has 0 aromatic carbocycles. The maximum Gasteiger partial charge on any atom is 0.0724 e. The number of allylic oxidation sites excluding steroid dienone is 4. The highest BCUT2D eigenvalue weighted by Gasteiger charge is 1.98. The lowest BCUT2D eigenvalue weighted by Gasteiger charge is -2.04. The van der Waals surface area contributed by atoms with Gasteiger partial charge in [0.05, 0.1) is 6.10 Å². The van der Waals surface area contributed by atoms with Crippen LogP contribution in [-0.4, -0.2) is 11.2 Å². The first-order valence-corrected chi connectivity index (χ1v) is 7.92. The van der Waals surface area contributed by atoms with Crippen molar-refractivity contribution in [2.45, 2.75) is 77.7 Å². The zero-order chi connectivity index (χ0) is 14.3. The average molecular weight is 264 g/mol. The second-order valence-corrected chi connectivity index (χ2v) is 5.25. The lowest BCUT2D eigenvalue weighted by atomic mass is 10.1. The van der Waals surface area contributed by atoms with Gasteiger partial charge >= 0.3 is 0 Å². The SMILES string of the molecule is C=C(/C=C\CCCCC)/C=C/C(O)CCCCCC. The van der Waals surface area contributed by atoms with E-state index in [1.54, 1.807) is 0 Å². The van der Waals surface area contributed by atoms with Crippen molar-refractivity contribution in [1.82, 2.24) is 0 Å². The van der Waals surface area contributed by atoms with Crippen molar-refractivity contribution < 1.29 is 5.11 Å². The molecule has 0 rings (SSSR count). The maximum absolute atomic E-state index is 9.79. The molecular weight excluding hydrogens is 232 g/mol. The fraction of sp³-hybridized carbons (Fsp3) is 0.667. The molecule has 1 N–H and O–H groups in total. The van der Waals surface area contributed by atoms with Crippen LogP contribution in [0.1, 0.15) is 71.6 Å². The van der Waals surface area contributed by atoms with E-state index < -0.39 is 0 Å². The first-order valence-electron chi connectivity index (χ1n) is 7.92.